The molecule has 0 bridgehead atoms. The third-order valence-corrected chi connectivity index (χ3v) is 4.34. The number of aromatic nitrogens is 1. The van der Waals surface area contributed by atoms with E-state index in [1.165, 1.54) is 16.5 Å². The fourth-order valence-corrected chi connectivity index (χ4v) is 3.34. The highest BCUT2D eigenvalue weighted by Gasteiger charge is 2.35. The maximum atomic E-state index is 11.2. The molecular weight excluding hydrogens is 250 g/mol. The predicted octanol–water partition coefficient (Wildman–Crippen LogP) is 3.40. The van der Waals surface area contributed by atoms with Crippen LogP contribution in [0.1, 0.15) is 28.6 Å². The third kappa shape index (κ3) is 1.54. The summed E-state index contributed by atoms with van der Waals surface area (Å²) in [5.41, 5.74) is 4.35. The number of benzene rings is 1. The Morgan fingerprint density at radius 3 is 3.00 bits per heavy atom. The van der Waals surface area contributed by atoms with E-state index in [1.54, 1.807) is 0 Å². The van der Waals surface area contributed by atoms with Crippen molar-refractivity contribution >= 4 is 28.5 Å². The Bertz CT molecular complexity index is 632. The summed E-state index contributed by atoms with van der Waals surface area (Å²) in [6.45, 7) is 2.07. The van der Waals surface area contributed by atoms with Crippen molar-refractivity contribution in [3.05, 3.63) is 35.0 Å². The highest BCUT2D eigenvalue weighted by atomic mass is 35.5. The van der Waals surface area contributed by atoms with Crippen LogP contribution in [-0.4, -0.2) is 16.1 Å². The van der Waals surface area contributed by atoms with Gasteiger partial charge in [-0.15, -0.1) is 11.6 Å². The van der Waals surface area contributed by atoms with Crippen LogP contribution in [0, 0.1) is 12.8 Å². The lowest BCUT2D eigenvalue weighted by molar-refractivity contribution is -0.142. The van der Waals surface area contributed by atoms with Crippen molar-refractivity contribution in [2.45, 2.75) is 25.1 Å². The van der Waals surface area contributed by atoms with Gasteiger partial charge in [-0.25, -0.2) is 0 Å². The third-order valence-electron chi connectivity index (χ3n) is 3.82. The van der Waals surface area contributed by atoms with Gasteiger partial charge in [0.2, 0.25) is 0 Å². The summed E-state index contributed by atoms with van der Waals surface area (Å²) in [7, 11) is 0. The summed E-state index contributed by atoms with van der Waals surface area (Å²) < 4.78 is 0. The first-order chi connectivity index (χ1) is 8.59. The van der Waals surface area contributed by atoms with Crippen LogP contribution in [0.15, 0.2) is 18.2 Å². The number of carbonyl (C=O) groups is 1. The lowest BCUT2D eigenvalue weighted by atomic mass is 9.86. The van der Waals surface area contributed by atoms with Crippen molar-refractivity contribution < 1.29 is 9.90 Å². The lowest BCUT2D eigenvalue weighted by Crippen LogP contribution is -2.24. The number of carboxylic acid groups (broad SMARTS) is 1. The second kappa shape index (κ2) is 4.02. The molecule has 94 valence electrons. The van der Waals surface area contributed by atoms with Gasteiger partial charge in [0.15, 0.2) is 0 Å². The van der Waals surface area contributed by atoms with Crippen molar-refractivity contribution in [2.75, 3.05) is 0 Å². The van der Waals surface area contributed by atoms with Gasteiger partial charge in [0.25, 0.3) is 0 Å². The van der Waals surface area contributed by atoms with E-state index in [4.69, 9.17) is 16.7 Å². The summed E-state index contributed by atoms with van der Waals surface area (Å²) in [6, 6.07) is 6.08. The highest BCUT2D eigenvalue weighted by Crippen LogP contribution is 2.42. The molecule has 1 aliphatic rings. The number of rotatable bonds is 1. The summed E-state index contributed by atoms with van der Waals surface area (Å²) in [5, 5.41) is 9.92. The predicted molar refractivity (Wildman–Crippen MR) is 71.1 cm³/mol. The van der Waals surface area contributed by atoms with E-state index in [9.17, 15) is 4.79 Å². The Morgan fingerprint density at radius 2 is 2.28 bits per heavy atom. The molecule has 4 heteroatoms. The summed E-state index contributed by atoms with van der Waals surface area (Å²) in [4.78, 5) is 14.5. The Labute approximate surface area is 110 Å². The van der Waals surface area contributed by atoms with Crippen LogP contribution in [0.3, 0.4) is 0 Å². The first kappa shape index (κ1) is 11.6. The van der Waals surface area contributed by atoms with E-state index < -0.39 is 17.3 Å². The number of nitrogens with one attached hydrogen (secondary N) is 1. The number of carboxylic acids is 1. The lowest BCUT2D eigenvalue weighted by Gasteiger charge is -2.24. The monoisotopic (exact) mass is 263 g/mol. The van der Waals surface area contributed by atoms with Gasteiger partial charge in [-0.05, 0) is 37.0 Å². The summed E-state index contributed by atoms with van der Waals surface area (Å²) >= 11 is 6.32. The minimum absolute atomic E-state index is 0.460. The maximum absolute atomic E-state index is 11.2. The normalized spacial score (nSPS) is 23.0. The molecule has 0 radical (unpaired) electrons. The number of H-pyrrole nitrogens is 1. The van der Waals surface area contributed by atoms with Crippen LogP contribution in [0.5, 0.6) is 0 Å². The van der Waals surface area contributed by atoms with Crippen LogP contribution in [0.2, 0.25) is 0 Å². The van der Waals surface area contributed by atoms with Crippen LogP contribution < -0.4 is 0 Å². The topological polar surface area (TPSA) is 53.1 Å². The number of halogens is 1. The number of aliphatic carboxylic acids is 1. The number of aromatic amines is 1. The van der Waals surface area contributed by atoms with Gasteiger partial charge in [-0.1, -0.05) is 12.1 Å². The standard InChI is InChI=1S/C14H14ClNO2/c1-7-3-2-4-10-11(7)8-5-6-9(14(17)18)12(15)13(8)16-10/h2-4,9,12,16H,5-6H2,1H3,(H,17,18). The van der Waals surface area contributed by atoms with Crippen LogP contribution in [-0.2, 0) is 11.2 Å². The van der Waals surface area contributed by atoms with Crippen molar-refractivity contribution in [3.8, 4) is 0 Å². The van der Waals surface area contributed by atoms with Crippen LogP contribution in [0.25, 0.3) is 10.9 Å². The second-order valence-electron chi connectivity index (χ2n) is 4.90. The summed E-state index contributed by atoms with van der Waals surface area (Å²) in [5.74, 6) is -1.30. The Morgan fingerprint density at radius 1 is 1.50 bits per heavy atom. The van der Waals surface area contributed by atoms with Gasteiger partial charge in [-0.3, -0.25) is 4.79 Å². The quantitative estimate of drug-likeness (QED) is 0.775. The Balaban J connectivity index is 2.20. The molecule has 3 nitrogen and oxygen atoms in total. The molecule has 3 rings (SSSR count). The number of hydrogen-bond donors (Lipinski definition) is 2. The largest absolute Gasteiger partial charge is 0.481 e. The molecule has 18 heavy (non-hydrogen) atoms. The van der Waals surface area contributed by atoms with E-state index in [-0.39, 0.29) is 0 Å². The average Bonchev–Trinajstić information content (AvgIpc) is 2.70. The molecule has 1 aromatic carbocycles. The minimum Gasteiger partial charge on any atom is -0.481 e. The molecule has 1 aromatic heterocycles. The smallest absolute Gasteiger partial charge is 0.308 e. The van der Waals surface area contributed by atoms with Gasteiger partial charge in [0.1, 0.15) is 0 Å². The fourth-order valence-electron chi connectivity index (χ4n) is 2.92. The van der Waals surface area contributed by atoms with Crippen molar-refractivity contribution in [3.63, 3.8) is 0 Å². The van der Waals surface area contributed by atoms with Gasteiger partial charge in [-0.2, -0.15) is 0 Å². The SMILES string of the molecule is Cc1cccc2[nH]c3c(c12)CCC(C(=O)O)C3Cl. The number of fused-ring (bicyclic) bond motifs is 3. The van der Waals surface area contributed by atoms with Crippen molar-refractivity contribution in [2.24, 2.45) is 5.92 Å². The van der Waals surface area contributed by atoms with Gasteiger partial charge >= 0.3 is 5.97 Å². The molecule has 2 N–H and O–H groups in total. The van der Waals surface area contributed by atoms with E-state index in [1.807, 2.05) is 12.1 Å². The van der Waals surface area contributed by atoms with Crippen LogP contribution >= 0.6 is 11.6 Å². The molecule has 1 heterocycles. The highest BCUT2D eigenvalue weighted by molar-refractivity contribution is 6.22. The molecule has 2 unspecified atom stereocenters. The first-order valence-electron chi connectivity index (χ1n) is 6.06. The zero-order valence-electron chi connectivity index (χ0n) is 10.0. The van der Waals surface area contributed by atoms with E-state index in [2.05, 4.69) is 18.0 Å². The number of hydrogen-bond acceptors (Lipinski definition) is 1. The average molecular weight is 264 g/mol. The molecule has 0 saturated heterocycles. The Hall–Kier alpha value is -1.48. The zero-order valence-corrected chi connectivity index (χ0v) is 10.8. The van der Waals surface area contributed by atoms with E-state index in [0.717, 1.165) is 17.6 Å². The molecule has 2 atom stereocenters. The van der Waals surface area contributed by atoms with Gasteiger partial charge in [0, 0.05) is 16.6 Å². The minimum atomic E-state index is -0.809. The zero-order chi connectivity index (χ0) is 12.9. The fraction of sp³-hybridized carbons (Fsp3) is 0.357. The van der Waals surface area contributed by atoms with E-state index >= 15 is 0 Å². The van der Waals surface area contributed by atoms with Crippen molar-refractivity contribution in [1.29, 1.82) is 0 Å². The van der Waals surface area contributed by atoms with Crippen LogP contribution in [0.4, 0.5) is 0 Å². The van der Waals surface area contributed by atoms with Gasteiger partial charge < -0.3 is 10.1 Å². The molecule has 2 aromatic rings. The number of aryl methyl sites for hydroxylation is 2. The number of alkyl halides is 1. The van der Waals surface area contributed by atoms with Crippen molar-refractivity contribution in [1.82, 2.24) is 4.98 Å². The second-order valence-corrected chi connectivity index (χ2v) is 5.37. The molecule has 0 aliphatic heterocycles. The molecule has 0 amide bonds. The summed E-state index contributed by atoms with van der Waals surface area (Å²) in [6.07, 6.45) is 1.39. The molecule has 0 spiro atoms. The van der Waals surface area contributed by atoms with E-state index in [0.29, 0.717) is 6.42 Å². The molecule has 0 saturated carbocycles. The van der Waals surface area contributed by atoms with Gasteiger partial charge in [0.05, 0.1) is 11.3 Å². The molecular formula is C14H14ClNO2. The molecule has 1 aliphatic carbocycles. The first-order valence-corrected chi connectivity index (χ1v) is 6.50. The maximum Gasteiger partial charge on any atom is 0.308 e. The molecule has 0 fully saturated rings. The Kier molecular flexibility index (Phi) is 2.59.